The zero-order valence-electron chi connectivity index (χ0n) is 12.4. The van der Waals surface area contributed by atoms with Gasteiger partial charge in [0.15, 0.2) is 0 Å². The molecular formula is C17H20BrNOS. The van der Waals surface area contributed by atoms with Crippen molar-refractivity contribution in [2.45, 2.75) is 23.3 Å². The highest BCUT2D eigenvalue weighted by Crippen LogP contribution is 2.32. The molecule has 112 valence electrons. The number of methoxy groups -OCH3 is 1. The van der Waals surface area contributed by atoms with Gasteiger partial charge in [-0.2, -0.15) is 0 Å². The molecule has 2 rings (SSSR count). The molecule has 0 aliphatic carbocycles. The topological polar surface area (TPSA) is 21.3 Å². The van der Waals surface area contributed by atoms with Gasteiger partial charge in [0.25, 0.3) is 0 Å². The fourth-order valence-corrected chi connectivity index (χ4v) is 3.54. The lowest BCUT2D eigenvalue weighted by atomic mass is 10.2. The number of rotatable bonds is 7. The Kier molecular flexibility index (Phi) is 6.77. The van der Waals surface area contributed by atoms with Crippen molar-refractivity contribution in [2.75, 3.05) is 20.3 Å². The molecule has 0 spiro atoms. The highest BCUT2D eigenvalue weighted by atomic mass is 79.9. The molecule has 1 N–H and O–H groups in total. The molecule has 0 amide bonds. The molecule has 0 saturated heterocycles. The maximum atomic E-state index is 5.03. The quantitative estimate of drug-likeness (QED) is 0.721. The first-order valence-electron chi connectivity index (χ1n) is 6.92. The summed E-state index contributed by atoms with van der Waals surface area (Å²) in [6.07, 6.45) is 0. The number of hydrogen-bond donors (Lipinski definition) is 1. The SMILES string of the molecule is COCCNCc1ccc(Sc2ccccc2C)cc1Br. The molecule has 0 aromatic heterocycles. The number of hydrogen-bond acceptors (Lipinski definition) is 3. The van der Waals surface area contributed by atoms with E-state index in [1.165, 1.54) is 20.9 Å². The average Bonchev–Trinajstić information content (AvgIpc) is 2.48. The smallest absolute Gasteiger partial charge is 0.0587 e. The van der Waals surface area contributed by atoms with Gasteiger partial charge in [0, 0.05) is 34.5 Å². The predicted molar refractivity (Wildman–Crippen MR) is 93.0 cm³/mol. The highest BCUT2D eigenvalue weighted by molar-refractivity contribution is 9.10. The Balaban J connectivity index is 2.00. The summed E-state index contributed by atoms with van der Waals surface area (Å²) < 4.78 is 6.17. The minimum Gasteiger partial charge on any atom is -0.383 e. The van der Waals surface area contributed by atoms with Gasteiger partial charge >= 0.3 is 0 Å². The highest BCUT2D eigenvalue weighted by Gasteiger charge is 2.04. The van der Waals surface area contributed by atoms with Gasteiger partial charge in [-0.15, -0.1) is 0 Å². The minimum atomic E-state index is 0.735. The molecule has 2 aromatic rings. The zero-order valence-corrected chi connectivity index (χ0v) is 14.8. The van der Waals surface area contributed by atoms with Crippen molar-refractivity contribution in [3.05, 3.63) is 58.1 Å². The fourth-order valence-electron chi connectivity index (χ4n) is 1.93. The third kappa shape index (κ3) is 5.15. The maximum absolute atomic E-state index is 5.03. The lowest BCUT2D eigenvalue weighted by Crippen LogP contribution is -2.18. The first-order chi connectivity index (χ1) is 10.2. The molecule has 0 saturated carbocycles. The molecule has 2 nitrogen and oxygen atoms in total. The second-order valence-electron chi connectivity index (χ2n) is 4.79. The normalized spacial score (nSPS) is 10.8. The van der Waals surface area contributed by atoms with Gasteiger partial charge in [-0.25, -0.2) is 0 Å². The number of benzene rings is 2. The van der Waals surface area contributed by atoms with Gasteiger partial charge < -0.3 is 10.1 Å². The summed E-state index contributed by atoms with van der Waals surface area (Å²) in [4.78, 5) is 2.55. The van der Waals surface area contributed by atoms with E-state index in [2.05, 4.69) is 70.6 Å². The number of ether oxygens (including phenoxy) is 1. The number of nitrogens with one attached hydrogen (secondary N) is 1. The van der Waals surface area contributed by atoms with E-state index in [9.17, 15) is 0 Å². The van der Waals surface area contributed by atoms with Crippen molar-refractivity contribution in [3.63, 3.8) is 0 Å². The first-order valence-corrected chi connectivity index (χ1v) is 8.53. The monoisotopic (exact) mass is 365 g/mol. The van der Waals surface area contributed by atoms with E-state index in [0.29, 0.717) is 0 Å². The van der Waals surface area contributed by atoms with Crippen molar-refractivity contribution in [1.82, 2.24) is 5.32 Å². The molecule has 0 fully saturated rings. The summed E-state index contributed by atoms with van der Waals surface area (Å²) in [5.41, 5.74) is 2.57. The van der Waals surface area contributed by atoms with E-state index in [1.807, 2.05) is 0 Å². The Morgan fingerprint density at radius 3 is 2.71 bits per heavy atom. The molecule has 0 radical (unpaired) electrons. The Bertz CT molecular complexity index is 589. The van der Waals surface area contributed by atoms with Crippen molar-refractivity contribution < 1.29 is 4.74 Å². The average molecular weight is 366 g/mol. The van der Waals surface area contributed by atoms with Crippen LogP contribution in [-0.2, 0) is 11.3 Å². The van der Waals surface area contributed by atoms with E-state index in [4.69, 9.17) is 4.74 Å². The van der Waals surface area contributed by atoms with Crippen LogP contribution in [0.4, 0.5) is 0 Å². The van der Waals surface area contributed by atoms with Gasteiger partial charge in [-0.3, -0.25) is 0 Å². The maximum Gasteiger partial charge on any atom is 0.0587 e. The van der Waals surface area contributed by atoms with Crippen LogP contribution in [0.5, 0.6) is 0 Å². The molecule has 0 aliphatic rings. The lowest BCUT2D eigenvalue weighted by Gasteiger charge is -2.09. The standard InChI is InChI=1S/C17H20BrNOS/c1-13-5-3-4-6-17(13)21-15-8-7-14(16(18)11-15)12-19-9-10-20-2/h3-8,11,19H,9-10,12H2,1-2H3. The van der Waals surface area contributed by atoms with Crippen LogP contribution in [0.25, 0.3) is 0 Å². The summed E-state index contributed by atoms with van der Waals surface area (Å²) in [6.45, 7) is 4.59. The largest absolute Gasteiger partial charge is 0.383 e. The van der Waals surface area contributed by atoms with E-state index in [-0.39, 0.29) is 0 Å². The molecular weight excluding hydrogens is 346 g/mol. The Labute approximate surface area is 139 Å². The van der Waals surface area contributed by atoms with Crippen LogP contribution in [0.15, 0.2) is 56.7 Å². The van der Waals surface area contributed by atoms with Crippen LogP contribution in [0.1, 0.15) is 11.1 Å². The predicted octanol–water partition coefficient (Wildman–Crippen LogP) is 4.64. The van der Waals surface area contributed by atoms with Crippen LogP contribution in [0, 0.1) is 6.92 Å². The summed E-state index contributed by atoms with van der Waals surface area (Å²) in [5.74, 6) is 0. The third-order valence-corrected chi connectivity index (χ3v) is 5.05. The van der Waals surface area contributed by atoms with Crippen LogP contribution in [0.2, 0.25) is 0 Å². The Hall–Kier alpha value is -0.810. The van der Waals surface area contributed by atoms with Crippen molar-refractivity contribution >= 4 is 27.7 Å². The van der Waals surface area contributed by atoms with Crippen molar-refractivity contribution in [2.24, 2.45) is 0 Å². The van der Waals surface area contributed by atoms with Crippen molar-refractivity contribution in [3.8, 4) is 0 Å². The molecule has 2 aromatic carbocycles. The van der Waals surface area contributed by atoms with Crippen LogP contribution in [-0.4, -0.2) is 20.3 Å². The third-order valence-electron chi connectivity index (χ3n) is 3.14. The molecule has 0 unspecified atom stereocenters. The van der Waals surface area contributed by atoms with Crippen LogP contribution < -0.4 is 5.32 Å². The summed E-state index contributed by atoms with van der Waals surface area (Å²) in [7, 11) is 1.72. The van der Waals surface area contributed by atoms with Crippen LogP contribution >= 0.6 is 27.7 Å². The van der Waals surface area contributed by atoms with E-state index in [0.717, 1.165) is 24.2 Å². The van der Waals surface area contributed by atoms with Crippen LogP contribution in [0.3, 0.4) is 0 Å². The molecule has 21 heavy (non-hydrogen) atoms. The van der Waals surface area contributed by atoms with E-state index >= 15 is 0 Å². The fraction of sp³-hybridized carbons (Fsp3) is 0.294. The summed E-state index contributed by atoms with van der Waals surface area (Å²) >= 11 is 5.46. The molecule has 0 aliphatic heterocycles. The summed E-state index contributed by atoms with van der Waals surface area (Å²) in [6, 6.07) is 15.0. The molecule has 4 heteroatoms. The van der Waals surface area contributed by atoms with Gasteiger partial charge in [0.05, 0.1) is 6.61 Å². The van der Waals surface area contributed by atoms with Gasteiger partial charge in [0.1, 0.15) is 0 Å². The van der Waals surface area contributed by atoms with Gasteiger partial charge in [-0.05, 0) is 36.2 Å². The molecule has 0 heterocycles. The second-order valence-corrected chi connectivity index (χ2v) is 6.76. The summed E-state index contributed by atoms with van der Waals surface area (Å²) in [5, 5.41) is 3.36. The van der Waals surface area contributed by atoms with E-state index in [1.54, 1.807) is 18.9 Å². The Morgan fingerprint density at radius 2 is 2.00 bits per heavy atom. The second kappa shape index (κ2) is 8.59. The first kappa shape index (κ1) is 16.6. The molecule has 0 atom stereocenters. The van der Waals surface area contributed by atoms with E-state index < -0.39 is 0 Å². The Morgan fingerprint density at radius 1 is 1.19 bits per heavy atom. The zero-order chi connectivity index (χ0) is 15.1. The minimum absolute atomic E-state index is 0.735. The number of halogens is 1. The lowest BCUT2D eigenvalue weighted by molar-refractivity contribution is 0.199. The van der Waals surface area contributed by atoms with Gasteiger partial charge in [-0.1, -0.05) is 52.0 Å². The number of aryl methyl sites for hydroxylation is 1. The van der Waals surface area contributed by atoms with Gasteiger partial charge in [0.2, 0.25) is 0 Å². The molecule has 0 bridgehead atoms. The van der Waals surface area contributed by atoms with Crippen molar-refractivity contribution in [1.29, 1.82) is 0 Å².